The third-order valence-electron chi connectivity index (χ3n) is 5.88. The van der Waals surface area contributed by atoms with Gasteiger partial charge in [-0.1, -0.05) is 30.3 Å². The van der Waals surface area contributed by atoms with Crippen LogP contribution in [0.5, 0.6) is 0 Å². The number of nitrogens with zero attached hydrogens (tertiary/aromatic N) is 5. The molecule has 0 amide bonds. The molecule has 7 heteroatoms. The van der Waals surface area contributed by atoms with Crippen molar-refractivity contribution in [1.29, 1.82) is 5.26 Å². The average molecular weight is 412 g/mol. The second-order valence-electron chi connectivity index (χ2n) is 7.98. The molecule has 31 heavy (non-hydrogen) atoms. The third kappa shape index (κ3) is 4.16. The molecule has 0 saturated carbocycles. The molecule has 0 bridgehead atoms. The summed E-state index contributed by atoms with van der Waals surface area (Å²) in [5.74, 6) is 1.95. The van der Waals surface area contributed by atoms with E-state index in [4.69, 9.17) is 4.42 Å². The lowest BCUT2D eigenvalue weighted by Gasteiger charge is -2.32. The third-order valence-corrected chi connectivity index (χ3v) is 5.88. The molecule has 1 aliphatic heterocycles. The van der Waals surface area contributed by atoms with Crippen LogP contribution < -0.4 is 5.32 Å². The Morgan fingerprint density at radius 3 is 2.68 bits per heavy atom. The molecule has 0 radical (unpaired) electrons. The smallest absolute Gasteiger partial charge is 0.175 e. The molecule has 0 atom stereocenters. The van der Waals surface area contributed by atoms with Gasteiger partial charge in [0, 0.05) is 19.3 Å². The van der Waals surface area contributed by atoms with Crippen LogP contribution in [0.25, 0.3) is 17.1 Å². The van der Waals surface area contributed by atoms with Crippen molar-refractivity contribution in [3.8, 4) is 17.5 Å². The molecule has 1 saturated heterocycles. The van der Waals surface area contributed by atoms with Crippen LogP contribution >= 0.6 is 0 Å². The molecule has 1 aliphatic rings. The van der Waals surface area contributed by atoms with E-state index < -0.39 is 0 Å². The molecule has 1 fully saturated rings. The zero-order chi connectivity index (χ0) is 21.0. The van der Waals surface area contributed by atoms with Crippen LogP contribution in [0.1, 0.15) is 24.0 Å². The van der Waals surface area contributed by atoms with Gasteiger partial charge in [0.1, 0.15) is 23.1 Å². The van der Waals surface area contributed by atoms with Crippen molar-refractivity contribution >= 4 is 11.5 Å². The lowest BCUT2D eigenvalue weighted by Crippen LogP contribution is -2.35. The molecule has 1 aromatic carbocycles. The van der Waals surface area contributed by atoms with Crippen molar-refractivity contribution in [2.45, 2.75) is 19.4 Å². The van der Waals surface area contributed by atoms with E-state index in [0.29, 0.717) is 28.6 Å². The Hall–Kier alpha value is -3.63. The second kappa shape index (κ2) is 8.62. The molecule has 4 heterocycles. The first-order valence-corrected chi connectivity index (χ1v) is 10.6. The fourth-order valence-electron chi connectivity index (χ4n) is 4.16. The van der Waals surface area contributed by atoms with Crippen LogP contribution in [-0.4, -0.2) is 39.1 Å². The maximum atomic E-state index is 9.65. The van der Waals surface area contributed by atoms with Crippen molar-refractivity contribution in [2.24, 2.45) is 5.92 Å². The normalized spacial score (nSPS) is 15.2. The van der Waals surface area contributed by atoms with Gasteiger partial charge in [0.25, 0.3) is 0 Å². The Balaban J connectivity index is 1.21. The van der Waals surface area contributed by atoms with Crippen molar-refractivity contribution in [2.75, 3.05) is 25.0 Å². The second-order valence-corrected chi connectivity index (χ2v) is 7.98. The molecule has 0 aliphatic carbocycles. The van der Waals surface area contributed by atoms with Crippen molar-refractivity contribution < 1.29 is 4.42 Å². The standard InChI is InChI=1S/C24H24N6O/c25-15-20-23(21-7-4-14-31-21)28-30-13-10-22(27-24(20)30)26-16-18-8-11-29(12-9-18)17-19-5-2-1-3-6-19/h1-7,10,13-14,18H,8-9,11-12,16-17H2,(H,26,27). The summed E-state index contributed by atoms with van der Waals surface area (Å²) in [6.45, 7) is 4.13. The number of benzene rings is 1. The Morgan fingerprint density at radius 1 is 1.10 bits per heavy atom. The zero-order valence-corrected chi connectivity index (χ0v) is 17.2. The quantitative estimate of drug-likeness (QED) is 0.511. The number of aromatic nitrogens is 3. The number of nitrogens with one attached hydrogen (secondary N) is 1. The first kappa shape index (κ1) is 19.3. The molecule has 1 N–H and O–H groups in total. The number of anilines is 1. The topological polar surface area (TPSA) is 82.4 Å². The van der Waals surface area contributed by atoms with Gasteiger partial charge in [0.15, 0.2) is 11.4 Å². The molecular formula is C24H24N6O. The molecule has 5 rings (SSSR count). The fourth-order valence-corrected chi connectivity index (χ4v) is 4.16. The van der Waals surface area contributed by atoms with Crippen LogP contribution in [0.15, 0.2) is 65.4 Å². The molecule has 0 unspecified atom stereocenters. The number of rotatable bonds is 6. The van der Waals surface area contributed by atoms with Crippen LogP contribution in [0, 0.1) is 17.2 Å². The molecule has 0 spiro atoms. The molecule has 4 aromatic rings. The number of hydrogen-bond acceptors (Lipinski definition) is 6. The summed E-state index contributed by atoms with van der Waals surface area (Å²) in [5.41, 5.74) is 2.85. The highest BCUT2D eigenvalue weighted by Crippen LogP contribution is 2.26. The maximum absolute atomic E-state index is 9.65. The number of nitriles is 1. The highest BCUT2D eigenvalue weighted by molar-refractivity contribution is 5.72. The Kier molecular flexibility index (Phi) is 5.38. The van der Waals surface area contributed by atoms with Gasteiger partial charge in [-0.15, -0.1) is 0 Å². The van der Waals surface area contributed by atoms with Gasteiger partial charge in [-0.3, -0.25) is 4.90 Å². The van der Waals surface area contributed by atoms with Gasteiger partial charge in [-0.25, -0.2) is 9.50 Å². The van der Waals surface area contributed by atoms with Crippen molar-refractivity contribution in [3.63, 3.8) is 0 Å². The highest BCUT2D eigenvalue weighted by atomic mass is 16.3. The zero-order valence-electron chi connectivity index (χ0n) is 17.2. The van der Waals surface area contributed by atoms with E-state index in [1.807, 2.05) is 12.3 Å². The van der Waals surface area contributed by atoms with Gasteiger partial charge in [-0.2, -0.15) is 10.4 Å². The maximum Gasteiger partial charge on any atom is 0.175 e. The van der Waals surface area contributed by atoms with Crippen molar-refractivity contribution in [1.82, 2.24) is 19.5 Å². The SMILES string of the molecule is N#Cc1c(-c2ccco2)nn2ccc(NCC3CCN(Cc4ccccc4)CC3)nc12. The van der Waals surface area contributed by atoms with E-state index in [2.05, 4.69) is 56.7 Å². The van der Waals surface area contributed by atoms with E-state index in [9.17, 15) is 5.26 Å². The van der Waals surface area contributed by atoms with E-state index >= 15 is 0 Å². The molecular weight excluding hydrogens is 388 g/mol. The van der Waals surface area contributed by atoms with Crippen LogP contribution in [0.3, 0.4) is 0 Å². The predicted molar refractivity (Wildman–Crippen MR) is 118 cm³/mol. The monoisotopic (exact) mass is 412 g/mol. The van der Waals surface area contributed by atoms with E-state index in [-0.39, 0.29) is 0 Å². The van der Waals surface area contributed by atoms with E-state index in [1.165, 1.54) is 18.4 Å². The summed E-state index contributed by atoms with van der Waals surface area (Å²) in [7, 11) is 0. The fraction of sp³-hybridized carbons (Fsp3) is 0.292. The Labute approximate surface area is 180 Å². The molecule has 7 nitrogen and oxygen atoms in total. The first-order chi connectivity index (χ1) is 15.3. The Bertz CT molecular complexity index is 1180. The summed E-state index contributed by atoms with van der Waals surface area (Å²) in [6.07, 6.45) is 5.74. The summed E-state index contributed by atoms with van der Waals surface area (Å²) in [6, 6.07) is 18.4. The van der Waals surface area contributed by atoms with Gasteiger partial charge >= 0.3 is 0 Å². The minimum atomic E-state index is 0.424. The van der Waals surface area contributed by atoms with Crippen LogP contribution in [-0.2, 0) is 6.54 Å². The average Bonchev–Trinajstić information content (AvgIpc) is 3.46. The molecule has 3 aromatic heterocycles. The van der Waals surface area contributed by atoms with Crippen LogP contribution in [0.4, 0.5) is 5.82 Å². The first-order valence-electron chi connectivity index (χ1n) is 10.6. The van der Waals surface area contributed by atoms with Gasteiger partial charge in [-0.05, 0) is 55.6 Å². The van der Waals surface area contributed by atoms with Gasteiger partial charge < -0.3 is 9.73 Å². The highest BCUT2D eigenvalue weighted by Gasteiger charge is 2.20. The number of furan rings is 1. The summed E-state index contributed by atoms with van der Waals surface area (Å²) < 4.78 is 7.05. The number of hydrogen-bond donors (Lipinski definition) is 1. The number of piperidine rings is 1. The van der Waals surface area contributed by atoms with Gasteiger partial charge in [0.05, 0.1) is 6.26 Å². The summed E-state index contributed by atoms with van der Waals surface area (Å²) in [4.78, 5) is 7.17. The largest absolute Gasteiger partial charge is 0.463 e. The number of likely N-dealkylation sites (tertiary alicyclic amines) is 1. The van der Waals surface area contributed by atoms with E-state index in [1.54, 1.807) is 22.9 Å². The minimum Gasteiger partial charge on any atom is -0.463 e. The van der Waals surface area contributed by atoms with Crippen LogP contribution in [0.2, 0.25) is 0 Å². The number of fused-ring (bicyclic) bond motifs is 1. The van der Waals surface area contributed by atoms with Crippen molar-refractivity contribution in [3.05, 3.63) is 72.1 Å². The Morgan fingerprint density at radius 2 is 1.94 bits per heavy atom. The minimum absolute atomic E-state index is 0.424. The lowest BCUT2D eigenvalue weighted by molar-refractivity contribution is 0.182. The molecule has 156 valence electrons. The lowest BCUT2D eigenvalue weighted by atomic mass is 9.96. The predicted octanol–water partition coefficient (Wildman–Crippen LogP) is 4.19. The van der Waals surface area contributed by atoms with Gasteiger partial charge in [0.2, 0.25) is 0 Å². The summed E-state index contributed by atoms with van der Waals surface area (Å²) >= 11 is 0. The van der Waals surface area contributed by atoms with E-state index in [0.717, 1.165) is 32.0 Å². The summed E-state index contributed by atoms with van der Waals surface area (Å²) in [5, 5.41) is 17.6.